The summed E-state index contributed by atoms with van der Waals surface area (Å²) in [5, 5.41) is 15.7. The van der Waals surface area contributed by atoms with Crippen LogP contribution >= 0.6 is 11.8 Å². The molecule has 0 radical (unpaired) electrons. The third-order valence-corrected chi connectivity index (χ3v) is 5.74. The number of hydrazine groups is 1. The standard InChI is InChI=1S/C23H22N4O2S/c28-21(29)16-20-22(24-17-10-4-1-5-11-17)30-23(25-18-12-6-2-7-13-18)27(20)26-19-14-8-3-9-15-19/h1-15,20,23,25-26H,16H2,(H,28,29). The van der Waals surface area contributed by atoms with Gasteiger partial charge in [0.05, 0.1) is 23.2 Å². The fourth-order valence-corrected chi connectivity index (χ4v) is 4.44. The van der Waals surface area contributed by atoms with Crippen LogP contribution < -0.4 is 10.7 Å². The summed E-state index contributed by atoms with van der Waals surface area (Å²) in [5.41, 5.74) is 5.79. The molecule has 0 aliphatic carbocycles. The van der Waals surface area contributed by atoms with Gasteiger partial charge in [0.1, 0.15) is 0 Å². The Morgan fingerprint density at radius 3 is 2.07 bits per heavy atom. The van der Waals surface area contributed by atoms with Crippen molar-refractivity contribution in [1.82, 2.24) is 5.01 Å². The Morgan fingerprint density at radius 2 is 1.47 bits per heavy atom. The zero-order valence-electron chi connectivity index (χ0n) is 16.2. The molecule has 3 aromatic rings. The van der Waals surface area contributed by atoms with Gasteiger partial charge in [0, 0.05) is 11.4 Å². The Balaban J connectivity index is 1.68. The van der Waals surface area contributed by atoms with Crippen LogP contribution in [-0.4, -0.2) is 32.7 Å². The molecule has 30 heavy (non-hydrogen) atoms. The minimum Gasteiger partial charge on any atom is -0.481 e. The van der Waals surface area contributed by atoms with Crippen LogP contribution in [0.15, 0.2) is 96.0 Å². The molecule has 152 valence electrons. The average Bonchev–Trinajstić information content (AvgIpc) is 3.05. The highest BCUT2D eigenvalue weighted by Gasteiger charge is 2.41. The lowest BCUT2D eigenvalue weighted by Crippen LogP contribution is -2.45. The van der Waals surface area contributed by atoms with E-state index in [-0.39, 0.29) is 11.9 Å². The first-order chi connectivity index (χ1) is 14.7. The van der Waals surface area contributed by atoms with E-state index in [0.29, 0.717) is 0 Å². The minimum absolute atomic E-state index is 0.0640. The van der Waals surface area contributed by atoms with Crippen molar-refractivity contribution in [3.63, 3.8) is 0 Å². The van der Waals surface area contributed by atoms with Crippen LogP contribution in [0.2, 0.25) is 0 Å². The van der Waals surface area contributed by atoms with Crippen molar-refractivity contribution in [2.45, 2.75) is 18.0 Å². The summed E-state index contributed by atoms with van der Waals surface area (Å²) >= 11 is 1.52. The number of carbonyl (C=O) groups is 1. The summed E-state index contributed by atoms with van der Waals surface area (Å²) < 4.78 is 0. The number of hydrogen-bond acceptors (Lipinski definition) is 6. The van der Waals surface area contributed by atoms with Gasteiger partial charge in [-0.05, 0) is 36.4 Å². The number of rotatable bonds is 7. The van der Waals surface area contributed by atoms with Gasteiger partial charge in [-0.15, -0.1) is 0 Å². The molecule has 1 heterocycles. The van der Waals surface area contributed by atoms with E-state index in [0.717, 1.165) is 22.1 Å². The van der Waals surface area contributed by atoms with Gasteiger partial charge in [0.15, 0.2) is 5.50 Å². The van der Waals surface area contributed by atoms with E-state index in [2.05, 4.69) is 10.7 Å². The molecule has 3 aromatic carbocycles. The zero-order chi connectivity index (χ0) is 20.8. The van der Waals surface area contributed by atoms with Gasteiger partial charge in [-0.3, -0.25) is 4.79 Å². The second kappa shape index (κ2) is 9.47. The molecule has 0 saturated carbocycles. The third-order valence-electron chi connectivity index (χ3n) is 4.57. The van der Waals surface area contributed by atoms with Crippen LogP contribution in [0.5, 0.6) is 0 Å². The molecule has 6 nitrogen and oxygen atoms in total. The molecule has 1 saturated heterocycles. The molecule has 0 spiro atoms. The molecule has 2 unspecified atom stereocenters. The molecule has 7 heteroatoms. The maximum Gasteiger partial charge on any atom is 0.305 e. The third kappa shape index (κ3) is 5.00. The smallest absolute Gasteiger partial charge is 0.305 e. The highest BCUT2D eigenvalue weighted by molar-refractivity contribution is 8.15. The second-order valence-electron chi connectivity index (χ2n) is 6.76. The van der Waals surface area contributed by atoms with Crippen molar-refractivity contribution < 1.29 is 9.90 Å². The number of aliphatic carboxylic acids is 1. The van der Waals surface area contributed by atoms with Gasteiger partial charge >= 0.3 is 5.97 Å². The quantitative estimate of drug-likeness (QED) is 0.499. The van der Waals surface area contributed by atoms with Gasteiger partial charge in [-0.25, -0.2) is 4.99 Å². The van der Waals surface area contributed by atoms with E-state index in [1.165, 1.54) is 11.8 Å². The number of para-hydroxylation sites is 3. The van der Waals surface area contributed by atoms with Gasteiger partial charge in [0.25, 0.3) is 0 Å². The summed E-state index contributed by atoms with van der Waals surface area (Å²) in [4.78, 5) is 16.4. The summed E-state index contributed by atoms with van der Waals surface area (Å²) in [7, 11) is 0. The first-order valence-corrected chi connectivity index (χ1v) is 10.5. The summed E-state index contributed by atoms with van der Waals surface area (Å²) in [6.45, 7) is 0. The topological polar surface area (TPSA) is 77.0 Å². The molecule has 0 bridgehead atoms. The Labute approximate surface area is 179 Å². The second-order valence-corrected chi connectivity index (χ2v) is 7.87. The Morgan fingerprint density at radius 1 is 0.900 bits per heavy atom. The average molecular weight is 419 g/mol. The predicted octanol–water partition coefficient (Wildman–Crippen LogP) is 5.03. The van der Waals surface area contributed by atoms with Crippen molar-refractivity contribution in [2.75, 3.05) is 10.7 Å². The Hall–Kier alpha value is -3.29. The monoisotopic (exact) mass is 418 g/mol. The maximum atomic E-state index is 11.7. The van der Waals surface area contributed by atoms with Crippen LogP contribution in [0, 0.1) is 0 Å². The number of thioether (sulfide) groups is 1. The molecule has 0 amide bonds. The van der Waals surface area contributed by atoms with Crippen LogP contribution in [0.3, 0.4) is 0 Å². The Kier molecular flexibility index (Phi) is 6.32. The van der Waals surface area contributed by atoms with Gasteiger partial charge in [-0.2, -0.15) is 5.01 Å². The van der Waals surface area contributed by atoms with E-state index >= 15 is 0 Å². The van der Waals surface area contributed by atoms with Crippen LogP contribution in [-0.2, 0) is 4.79 Å². The molecular weight excluding hydrogens is 396 g/mol. The number of nitrogens with one attached hydrogen (secondary N) is 2. The molecule has 1 aliphatic rings. The number of aliphatic imine (C=N–C) groups is 1. The van der Waals surface area contributed by atoms with Gasteiger partial charge in [-0.1, -0.05) is 66.4 Å². The fourth-order valence-electron chi connectivity index (χ4n) is 3.19. The summed E-state index contributed by atoms with van der Waals surface area (Å²) in [6.07, 6.45) is -0.0640. The van der Waals surface area contributed by atoms with E-state index in [1.807, 2.05) is 96.0 Å². The Bertz CT molecular complexity index is 999. The number of carboxylic acid groups (broad SMARTS) is 1. The van der Waals surface area contributed by atoms with Gasteiger partial charge < -0.3 is 15.8 Å². The number of hydrogen-bond donors (Lipinski definition) is 3. The normalized spacial score (nSPS) is 20.2. The van der Waals surface area contributed by atoms with Crippen LogP contribution in [0.4, 0.5) is 17.1 Å². The number of anilines is 2. The summed E-state index contributed by atoms with van der Waals surface area (Å²) in [5.74, 6) is -0.874. The predicted molar refractivity (Wildman–Crippen MR) is 123 cm³/mol. The fraction of sp³-hybridized carbons (Fsp3) is 0.130. The first kappa shape index (κ1) is 20.0. The number of carboxylic acids is 1. The molecule has 3 N–H and O–H groups in total. The lowest BCUT2D eigenvalue weighted by Gasteiger charge is -2.30. The van der Waals surface area contributed by atoms with E-state index in [1.54, 1.807) is 0 Å². The van der Waals surface area contributed by atoms with Gasteiger partial charge in [0.2, 0.25) is 0 Å². The largest absolute Gasteiger partial charge is 0.481 e. The van der Waals surface area contributed by atoms with E-state index in [4.69, 9.17) is 4.99 Å². The lowest BCUT2D eigenvalue weighted by molar-refractivity contribution is -0.137. The van der Waals surface area contributed by atoms with E-state index < -0.39 is 12.0 Å². The summed E-state index contributed by atoms with van der Waals surface area (Å²) in [6, 6.07) is 28.8. The first-order valence-electron chi connectivity index (χ1n) is 9.63. The number of nitrogens with zero attached hydrogens (tertiary/aromatic N) is 2. The maximum absolute atomic E-state index is 11.7. The van der Waals surface area contributed by atoms with Crippen molar-refractivity contribution in [1.29, 1.82) is 0 Å². The van der Waals surface area contributed by atoms with Crippen molar-refractivity contribution in [3.8, 4) is 0 Å². The SMILES string of the molecule is O=C(O)CC1C(=Nc2ccccc2)SC(Nc2ccccc2)N1Nc1ccccc1. The van der Waals surface area contributed by atoms with Crippen molar-refractivity contribution in [2.24, 2.45) is 4.99 Å². The van der Waals surface area contributed by atoms with Crippen molar-refractivity contribution >= 4 is 39.8 Å². The highest BCUT2D eigenvalue weighted by Crippen LogP contribution is 2.36. The van der Waals surface area contributed by atoms with Crippen LogP contribution in [0.25, 0.3) is 0 Å². The van der Waals surface area contributed by atoms with E-state index in [9.17, 15) is 9.90 Å². The molecule has 0 aromatic heterocycles. The van der Waals surface area contributed by atoms with Crippen molar-refractivity contribution in [3.05, 3.63) is 91.0 Å². The molecule has 1 fully saturated rings. The molecule has 4 rings (SSSR count). The highest BCUT2D eigenvalue weighted by atomic mass is 32.2. The molecule has 1 aliphatic heterocycles. The zero-order valence-corrected chi connectivity index (χ0v) is 17.0. The van der Waals surface area contributed by atoms with Crippen LogP contribution in [0.1, 0.15) is 6.42 Å². The lowest BCUT2D eigenvalue weighted by atomic mass is 10.2. The molecular formula is C23H22N4O2S. The number of benzene rings is 3. The molecule has 2 atom stereocenters. The minimum atomic E-state index is -0.874.